The van der Waals surface area contributed by atoms with Crippen molar-refractivity contribution in [3.05, 3.63) is 41.2 Å². The quantitative estimate of drug-likeness (QED) is 0.585. The van der Waals surface area contributed by atoms with E-state index in [2.05, 4.69) is 20.5 Å². The molecule has 0 aliphatic rings. The number of nitrogens with zero attached hydrogens (tertiary/aromatic N) is 2. The molecule has 0 bridgehead atoms. The normalized spacial score (nSPS) is 11.8. The van der Waals surface area contributed by atoms with Gasteiger partial charge < -0.3 is 15.8 Å². The average Bonchev–Trinajstić information content (AvgIpc) is 2.77. The zero-order valence-corrected chi connectivity index (χ0v) is 13.5. The molecule has 4 N–H and O–H groups in total. The number of aromatic amines is 1. The highest BCUT2D eigenvalue weighted by molar-refractivity contribution is 5.92. The van der Waals surface area contributed by atoms with Crippen LogP contribution in [0.5, 0.6) is 5.75 Å². The summed E-state index contributed by atoms with van der Waals surface area (Å²) in [4.78, 5) is 4.35. The van der Waals surface area contributed by atoms with E-state index in [1.54, 1.807) is 0 Å². The van der Waals surface area contributed by atoms with Crippen molar-refractivity contribution in [1.82, 2.24) is 10.2 Å². The number of hydrogen-bond acceptors (Lipinski definition) is 3. The number of rotatable bonds is 5. The van der Waals surface area contributed by atoms with Crippen molar-refractivity contribution in [2.75, 3.05) is 5.32 Å². The Bertz CT molecular complexity index is 624. The number of aromatic nitrogens is 2. The molecule has 1 aromatic heterocycles. The van der Waals surface area contributed by atoms with Crippen LogP contribution in [0.25, 0.3) is 0 Å². The summed E-state index contributed by atoms with van der Waals surface area (Å²) >= 11 is 0. The fourth-order valence-corrected chi connectivity index (χ4v) is 2.05. The van der Waals surface area contributed by atoms with Crippen molar-refractivity contribution in [2.24, 2.45) is 10.7 Å². The molecule has 0 aliphatic heterocycles. The molecule has 0 fully saturated rings. The molecule has 6 nitrogen and oxygen atoms in total. The highest BCUT2D eigenvalue weighted by Crippen LogP contribution is 2.17. The maximum atomic E-state index is 5.92. The molecule has 118 valence electrons. The van der Waals surface area contributed by atoms with Gasteiger partial charge in [0, 0.05) is 16.9 Å². The lowest BCUT2D eigenvalue weighted by Gasteiger charge is -2.11. The molecule has 0 saturated carbocycles. The van der Waals surface area contributed by atoms with E-state index < -0.39 is 0 Å². The zero-order valence-electron chi connectivity index (χ0n) is 13.5. The van der Waals surface area contributed by atoms with Crippen molar-refractivity contribution in [3.8, 4) is 5.75 Å². The standard InChI is InChI=1S/C16H23N5O/c1-10(2)22-14-7-5-13(6-8-14)19-16(17)18-9-15-11(3)20-21-12(15)4/h5-8,10H,9H2,1-4H3,(H,20,21)(H3,17,18,19). The minimum Gasteiger partial charge on any atom is -0.491 e. The number of aliphatic imine (C=N–C) groups is 1. The van der Waals surface area contributed by atoms with Crippen molar-refractivity contribution in [1.29, 1.82) is 0 Å². The molecule has 0 atom stereocenters. The molecule has 1 heterocycles. The van der Waals surface area contributed by atoms with Gasteiger partial charge in [0.15, 0.2) is 5.96 Å². The van der Waals surface area contributed by atoms with E-state index in [1.165, 1.54) is 0 Å². The third-order valence-corrected chi connectivity index (χ3v) is 3.19. The van der Waals surface area contributed by atoms with Crippen molar-refractivity contribution in [3.63, 3.8) is 0 Å². The molecule has 0 unspecified atom stereocenters. The fourth-order valence-electron chi connectivity index (χ4n) is 2.05. The van der Waals surface area contributed by atoms with E-state index in [-0.39, 0.29) is 6.10 Å². The van der Waals surface area contributed by atoms with E-state index in [9.17, 15) is 0 Å². The van der Waals surface area contributed by atoms with Gasteiger partial charge in [-0.3, -0.25) is 5.10 Å². The Morgan fingerprint density at radius 3 is 2.55 bits per heavy atom. The smallest absolute Gasteiger partial charge is 0.193 e. The topological polar surface area (TPSA) is 88.3 Å². The molecule has 0 radical (unpaired) electrons. The van der Waals surface area contributed by atoms with Gasteiger partial charge in [0.25, 0.3) is 0 Å². The zero-order chi connectivity index (χ0) is 16.1. The van der Waals surface area contributed by atoms with Gasteiger partial charge in [0.05, 0.1) is 18.3 Å². The van der Waals surface area contributed by atoms with Crippen LogP contribution in [0.4, 0.5) is 5.69 Å². The molecule has 1 aromatic carbocycles. The highest BCUT2D eigenvalue weighted by Gasteiger charge is 2.05. The SMILES string of the molecule is Cc1n[nH]c(C)c1CN=C(N)Nc1ccc(OC(C)C)cc1. The van der Waals surface area contributed by atoms with Crippen LogP contribution < -0.4 is 15.8 Å². The van der Waals surface area contributed by atoms with Crippen LogP contribution in [0.3, 0.4) is 0 Å². The summed E-state index contributed by atoms with van der Waals surface area (Å²) in [6.07, 6.45) is 0.159. The molecule has 0 aliphatic carbocycles. The number of hydrogen-bond donors (Lipinski definition) is 3. The van der Waals surface area contributed by atoms with E-state index in [0.717, 1.165) is 28.4 Å². The van der Waals surface area contributed by atoms with E-state index in [4.69, 9.17) is 10.5 Å². The van der Waals surface area contributed by atoms with E-state index in [0.29, 0.717) is 12.5 Å². The number of guanidine groups is 1. The van der Waals surface area contributed by atoms with Crippen molar-refractivity contribution < 1.29 is 4.74 Å². The Morgan fingerprint density at radius 1 is 1.32 bits per heavy atom. The highest BCUT2D eigenvalue weighted by atomic mass is 16.5. The van der Waals surface area contributed by atoms with Crippen LogP contribution in [0, 0.1) is 13.8 Å². The summed E-state index contributed by atoms with van der Waals surface area (Å²) in [7, 11) is 0. The Balaban J connectivity index is 1.96. The van der Waals surface area contributed by atoms with Gasteiger partial charge in [-0.15, -0.1) is 0 Å². The average molecular weight is 301 g/mol. The number of benzene rings is 1. The van der Waals surface area contributed by atoms with Crippen LogP contribution in [0.1, 0.15) is 30.8 Å². The molecule has 6 heteroatoms. The Labute approximate surface area is 130 Å². The fraction of sp³-hybridized carbons (Fsp3) is 0.375. The van der Waals surface area contributed by atoms with Gasteiger partial charge in [0.2, 0.25) is 0 Å². The summed E-state index contributed by atoms with van der Waals surface area (Å²) < 4.78 is 5.60. The molecule has 2 aromatic rings. The second-order valence-corrected chi connectivity index (χ2v) is 5.43. The predicted molar refractivity (Wildman–Crippen MR) is 89.2 cm³/mol. The first-order valence-electron chi connectivity index (χ1n) is 7.30. The van der Waals surface area contributed by atoms with Gasteiger partial charge in [-0.2, -0.15) is 5.10 Å². The summed E-state index contributed by atoms with van der Waals surface area (Å²) in [6.45, 7) is 8.42. The lowest BCUT2D eigenvalue weighted by molar-refractivity contribution is 0.242. The summed E-state index contributed by atoms with van der Waals surface area (Å²) in [6, 6.07) is 7.63. The van der Waals surface area contributed by atoms with Gasteiger partial charge in [-0.25, -0.2) is 4.99 Å². The van der Waals surface area contributed by atoms with Crippen LogP contribution in [0.15, 0.2) is 29.3 Å². The second-order valence-electron chi connectivity index (χ2n) is 5.43. The van der Waals surface area contributed by atoms with E-state index in [1.807, 2.05) is 52.0 Å². The molecular weight excluding hydrogens is 278 g/mol. The minimum atomic E-state index is 0.159. The monoisotopic (exact) mass is 301 g/mol. The third-order valence-electron chi connectivity index (χ3n) is 3.19. The largest absolute Gasteiger partial charge is 0.491 e. The molecule has 0 amide bonds. The summed E-state index contributed by atoms with van der Waals surface area (Å²) in [5, 5.41) is 10.1. The number of anilines is 1. The molecule has 0 saturated heterocycles. The Morgan fingerprint density at radius 2 is 2.00 bits per heavy atom. The van der Waals surface area contributed by atoms with Crippen LogP contribution in [-0.2, 0) is 6.54 Å². The lowest BCUT2D eigenvalue weighted by atomic mass is 10.2. The molecule has 0 spiro atoms. The van der Waals surface area contributed by atoms with Crippen LogP contribution in [-0.4, -0.2) is 22.3 Å². The van der Waals surface area contributed by atoms with Crippen molar-refractivity contribution in [2.45, 2.75) is 40.3 Å². The van der Waals surface area contributed by atoms with Gasteiger partial charge in [-0.1, -0.05) is 0 Å². The molecular formula is C16H23N5O. The first-order chi connectivity index (χ1) is 10.5. The van der Waals surface area contributed by atoms with Gasteiger partial charge in [-0.05, 0) is 52.0 Å². The Hall–Kier alpha value is -2.50. The van der Waals surface area contributed by atoms with Crippen LogP contribution in [0.2, 0.25) is 0 Å². The van der Waals surface area contributed by atoms with Crippen LogP contribution >= 0.6 is 0 Å². The predicted octanol–water partition coefficient (Wildman–Crippen LogP) is 2.74. The summed E-state index contributed by atoms with van der Waals surface area (Å²) in [5.41, 5.74) is 9.83. The second kappa shape index (κ2) is 6.98. The lowest BCUT2D eigenvalue weighted by Crippen LogP contribution is -2.22. The summed E-state index contributed by atoms with van der Waals surface area (Å²) in [5.74, 6) is 1.21. The van der Waals surface area contributed by atoms with Crippen molar-refractivity contribution >= 4 is 11.6 Å². The minimum absolute atomic E-state index is 0.159. The third kappa shape index (κ3) is 4.25. The van der Waals surface area contributed by atoms with Gasteiger partial charge >= 0.3 is 0 Å². The maximum absolute atomic E-state index is 5.92. The first kappa shape index (κ1) is 15.9. The maximum Gasteiger partial charge on any atom is 0.193 e. The number of nitrogens with two attached hydrogens (primary N) is 1. The Kier molecular flexibility index (Phi) is 5.04. The first-order valence-corrected chi connectivity index (χ1v) is 7.30. The molecule has 22 heavy (non-hydrogen) atoms. The number of H-pyrrole nitrogens is 1. The van der Waals surface area contributed by atoms with E-state index >= 15 is 0 Å². The van der Waals surface area contributed by atoms with Gasteiger partial charge in [0.1, 0.15) is 5.75 Å². The number of nitrogens with one attached hydrogen (secondary N) is 2. The number of ether oxygens (including phenoxy) is 1. The number of aryl methyl sites for hydroxylation is 2. The molecule has 2 rings (SSSR count).